The Kier molecular flexibility index (Phi) is 7.16. The molecule has 0 unspecified atom stereocenters. The lowest BCUT2D eigenvalue weighted by Gasteiger charge is -2.07. The molecule has 1 rings (SSSR count). The fourth-order valence-corrected chi connectivity index (χ4v) is 1.08. The molecule has 0 spiro atoms. The van der Waals surface area contributed by atoms with Crippen molar-refractivity contribution in [3.63, 3.8) is 0 Å². The molecule has 0 aliphatic carbocycles. The second kappa shape index (κ2) is 8.06. The Morgan fingerprint density at radius 3 is 2.00 bits per heavy atom. The minimum Gasteiger partial charge on any atom is -0.480 e. The van der Waals surface area contributed by atoms with Gasteiger partial charge in [-0.05, 0) is 18.1 Å². The third-order valence-electron chi connectivity index (χ3n) is 2.32. The van der Waals surface area contributed by atoms with Crippen molar-refractivity contribution in [3.05, 3.63) is 29.8 Å². The van der Waals surface area contributed by atoms with Crippen molar-refractivity contribution in [2.24, 2.45) is 17.5 Å². The molecule has 1 aromatic rings. The van der Waals surface area contributed by atoms with Crippen molar-refractivity contribution in [3.8, 4) is 0 Å². The zero-order valence-corrected chi connectivity index (χ0v) is 10.8. The maximum absolute atomic E-state index is 10.5. The minimum absolute atomic E-state index is 0.0208. The predicted octanol–water partition coefficient (Wildman–Crippen LogP) is 0.725. The van der Waals surface area contributed by atoms with Gasteiger partial charge >= 0.3 is 11.9 Å². The van der Waals surface area contributed by atoms with Crippen molar-refractivity contribution in [1.82, 2.24) is 0 Å². The molecule has 0 heterocycles. The van der Waals surface area contributed by atoms with Gasteiger partial charge in [-0.2, -0.15) is 0 Å². The Morgan fingerprint density at radius 2 is 1.74 bits per heavy atom. The highest BCUT2D eigenvalue weighted by Gasteiger charge is 2.14. The number of hydrazine groups is 1. The highest BCUT2D eigenvalue weighted by molar-refractivity contribution is 5.93. The number of hydrogen-bond acceptors (Lipinski definition) is 5. The summed E-state index contributed by atoms with van der Waals surface area (Å²) in [7, 11) is 0. The molecule has 0 bridgehead atoms. The number of hydrogen-bond donors (Lipinski definition) is 5. The van der Waals surface area contributed by atoms with Crippen molar-refractivity contribution in [1.29, 1.82) is 0 Å². The SMILES string of the molecule is CC(C)[C@H](N)C(=O)O.NNc1ccccc1C(=O)O. The number of carboxylic acids is 2. The van der Waals surface area contributed by atoms with E-state index in [1.165, 1.54) is 6.07 Å². The summed E-state index contributed by atoms with van der Waals surface area (Å²) in [6, 6.07) is 5.72. The van der Waals surface area contributed by atoms with Crippen LogP contribution in [-0.2, 0) is 4.79 Å². The van der Waals surface area contributed by atoms with Crippen molar-refractivity contribution in [2.75, 3.05) is 5.43 Å². The van der Waals surface area contributed by atoms with Crippen LogP contribution in [0.15, 0.2) is 24.3 Å². The average Bonchev–Trinajstić information content (AvgIpc) is 2.38. The molecular weight excluding hydrogens is 250 g/mol. The Labute approximate surface area is 111 Å². The number of nitrogens with one attached hydrogen (secondary N) is 1. The first-order valence-corrected chi connectivity index (χ1v) is 5.58. The molecule has 1 aromatic carbocycles. The highest BCUT2D eigenvalue weighted by atomic mass is 16.4. The topological polar surface area (TPSA) is 139 Å². The predicted molar refractivity (Wildman–Crippen MR) is 71.7 cm³/mol. The highest BCUT2D eigenvalue weighted by Crippen LogP contribution is 2.12. The summed E-state index contributed by atoms with van der Waals surface area (Å²) in [5.41, 5.74) is 8.05. The number of rotatable bonds is 4. The van der Waals surface area contributed by atoms with Crippen molar-refractivity contribution >= 4 is 17.6 Å². The van der Waals surface area contributed by atoms with E-state index in [2.05, 4.69) is 5.43 Å². The number of benzene rings is 1. The molecule has 0 fully saturated rings. The number of anilines is 1. The molecule has 0 saturated carbocycles. The van der Waals surface area contributed by atoms with Gasteiger partial charge in [0.1, 0.15) is 6.04 Å². The second-order valence-corrected chi connectivity index (χ2v) is 4.10. The van der Waals surface area contributed by atoms with Gasteiger partial charge in [0.15, 0.2) is 0 Å². The van der Waals surface area contributed by atoms with Gasteiger partial charge in [0.2, 0.25) is 0 Å². The van der Waals surface area contributed by atoms with Crippen molar-refractivity contribution < 1.29 is 19.8 Å². The summed E-state index contributed by atoms with van der Waals surface area (Å²) >= 11 is 0. The zero-order chi connectivity index (χ0) is 15.0. The molecule has 7 heteroatoms. The van der Waals surface area contributed by atoms with Crippen LogP contribution in [0.3, 0.4) is 0 Å². The van der Waals surface area contributed by atoms with Crippen molar-refractivity contribution in [2.45, 2.75) is 19.9 Å². The number of nitrogen functional groups attached to an aromatic ring is 1. The smallest absolute Gasteiger partial charge is 0.337 e. The zero-order valence-electron chi connectivity index (χ0n) is 10.8. The van der Waals surface area contributed by atoms with E-state index in [0.717, 1.165) is 0 Å². The van der Waals surface area contributed by atoms with Gasteiger partial charge in [0, 0.05) is 0 Å². The normalized spacial score (nSPS) is 11.2. The Morgan fingerprint density at radius 1 is 1.21 bits per heavy atom. The van der Waals surface area contributed by atoms with E-state index in [9.17, 15) is 9.59 Å². The van der Waals surface area contributed by atoms with Gasteiger partial charge in [-0.25, -0.2) is 4.79 Å². The van der Waals surface area contributed by atoms with Crippen LogP contribution in [0.25, 0.3) is 0 Å². The maximum atomic E-state index is 10.5. The summed E-state index contributed by atoms with van der Waals surface area (Å²) in [6.45, 7) is 3.55. The van der Waals surface area contributed by atoms with E-state index in [0.29, 0.717) is 5.69 Å². The molecule has 7 nitrogen and oxygen atoms in total. The lowest BCUT2D eigenvalue weighted by Crippen LogP contribution is -2.34. The van der Waals surface area contributed by atoms with Crippen LogP contribution >= 0.6 is 0 Å². The molecule has 0 aliphatic rings. The number of nitrogens with two attached hydrogens (primary N) is 2. The molecule has 0 aliphatic heterocycles. The van der Waals surface area contributed by atoms with E-state index >= 15 is 0 Å². The van der Waals surface area contributed by atoms with Gasteiger partial charge in [-0.1, -0.05) is 26.0 Å². The molecule has 106 valence electrons. The first-order valence-electron chi connectivity index (χ1n) is 5.58. The first-order chi connectivity index (χ1) is 8.81. The fraction of sp³-hybridized carbons (Fsp3) is 0.333. The molecule has 0 aromatic heterocycles. The molecule has 0 amide bonds. The van der Waals surface area contributed by atoms with Gasteiger partial charge in [-0.3, -0.25) is 10.6 Å². The second-order valence-electron chi connectivity index (χ2n) is 4.10. The maximum Gasteiger partial charge on any atom is 0.337 e. The lowest BCUT2D eigenvalue weighted by atomic mass is 10.1. The molecule has 1 atom stereocenters. The van der Waals surface area contributed by atoms with Crippen LogP contribution in [-0.4, -0.2) is 28.2 Å². The van der Waals surface area contributed by atoms with Gasteiger partial charge in [-0.15, -0.1) is 0 Å². The largest absolute Gasteiger partial charge is 0.480 e. The van der Waals surface area contributed by atoms with E-state index in [4.69, 9.17) is 21.8 Å². The first kappa shape index (κ1) is 16.9. The van der Waals surface area contributed by atoms with E-state index in [-0.39, 0.29) is 11.5 Å². The molecule has 0 radical (unpaired) electrons. The third kappa shape index (κ3) is 5.84. The standard InChI is InChI=1S/C7H8N2O2.C5H11NO2/c8-9-6-4-2-1-3-5(6)7(10)11;1-3(2)4(6)5(7)8/h1-4,9H,8H2,(H,10,11);3-4H,6H2,1-2H3,(H,7,8)/t;4-/m.0/s1. The summed E-state index contributed by atoms with van der Waals surface area (Å²) in [5.74, 6) is 3.18. The van der Waals surface area contributed by atoms with Crippen LogP contribution < -0.4 is 17.0 Å². The number of aliphatic carboxylic acids is 1. The van der Waals surface area contributed by atoms with Gasteiger partial charge in [0.25, 0.3) is 0 Å². The monoisotopic (exact) mass is 269 g/mol. The lowest BCUT2D eigenvalue weighted by molar-refractivity contribution is -0.139. The number of carbonyl (C=O) groups is 2. The third-order valence-corrected chi connectivity index (χ3v) is 2.32. The van der Waals surface area contributed by atoms with Crippen LogP contribution in [0.2, 0.25) is 0 Å². The van der Waals surface area contributed by atoms with Gasteiger partial charge in [0.05, 0.1) is 11.3 Å². The summed E-state index contributed by atoms with van der Waals surface area (Å²) in [5, 5.41) is 16.8. The van der Waals surface area contributed by atoms with Crippen LogP contribution in [0.1, 0.15) is 24.2 Å². The van der Waals surface area contributed by atoms with Crippen LogP contribution in [0.5, 0.6) is 0 Å². The summed E-state index contributed by atoms with van der Waals surface area (Å²) in [4.78, 5) is 20.5. The number of aromatic carboxylic acids is 1. The molecule has 7 N–H and O–H groups in total. The average molecular weight is 269 g/mol. The van der Waals surface area contributed by atoms with Crippen LogP contribution in [0, 0.1) is 5.92 Å². The molecular formula is C12H19N3O4. The van der Waals surface area contributed by atoms with E-state index < -0.39 is 18.0 Å². The van der Waals surface area contributed by atoms with Crippen LogP contribution in [0.4, 0.5) is 5.69 Å². The molecule has 19 heavy (non-hydrogen) atoms. The number of carboxylic acid groups (broad SMARTS) is 2. The minimum atomic E-state index is -0.987. The Balaban J connectivity index is 0.000000362. The Hall–Kier alpha value is -2.12. The summed E-state index contributed by atoms with van der Waals surface area (Å²) in [6.07, 6.45) is 0. The van der Waals surface area contributed by atoms with Gasteiger partial charge < -0.3 is 21.4 Å². The molecule has 0 saturated heterocycles. The quantitative estimate of drug-likeness (QED) is 0.401. The van der Waals surface area contributed by atoms with E-state index in [1.54, 1.807) is 32.0 Å². The van der Waals surface area contributed by atoms with E-state index in [1.807, 2.05) is 0 Å². The number of para-hydroxylation sites is 1. The summed E-state index contributed by atoms with van der Waals surface area (Å²) < 4.78 is 0. The Bertz CT molecular complexity index is 435. The fourth-order valence-electron chi connectivity index (χ4n) is 1.08.